The molecule has 0 aliphatic rings. The van der Waals surface area contributed by atoms with Crippen molar-refractivity contribution in [2.45, 2.75) is 26.8 Å². The molecule has 6 nitrogen and oxygen atoms in total. The number of aromatic nitrogens is 2. The Labute approximate surface area is 190 Å². The van der Waals surface area contributed by atoms with Crippen molar-refractivity contribution in [3.8, 4) is 5.69 Å². The first-order chi connectivity index (χ1) is 16.0. The summed E-state index contributed by atoms with van der Waals surface area (Å²) in [7, 11) is 0. The highest BCUT2D eigenvalue weighted by Gasteiger charge is 2.15. The summed E-state index contributed by atoms with van der Waals surface area (Å²) in [5, 5.41) is 3.95. The SMILES string of the molecule is CC(C)CCn1c(=O)/c(=N/Nc2ccccc2)c(=O)n(-c2ccccc2)c2cc(F)ccc21. The summed E-state index contributed by atoms with van der Waals surface area (Å²) in [5.74, 6) is -0.171. The van der Waals surface area contributed by atoms with E-state index in [-0.39, 0.29) is 5.36 Å². The summed E-state index contributed by atoms with van der Waals surface area (Å²) >= 11 is 0. The molecule has 33 heavy (non-hydrogen) atoms. The van der Waals surface area contributed by atoms with Crippen molar-refractivity contribution in [1.82, 2.24) is 9.13 Å². The van der Waals surface area contributed by atoms with Crippen molar-refractivity contribution in [2.24, 2.45) is 11.0 Å². The lowest BCUT2D eigenvalue weighted by Gasteiger charge is -2.11. The predicted octanol–water partition coefficient (Wildman–Crippen LogP) is 4.27. The monoisotopic (exact) mass is 444 g/mol. The van der Waals surface area contributed by atoms with Crippen LogP contribution in [-0.4, -0.2) is 9.13 Å². The van der Waals surface area contributed by atoms with Gasteiger partial charge in [-0.1, -0.05) is 50.2 Å². The highest BCUT2D eigenvalue weighted by atomic mass is 19.1. The van der Waals surface area contributed by atoms with Crippen molar-refractivity contribution in [1.29, 1.82) is 0 Å². The van der Waals surface area contributed by atoms with Crippen LogP contribution >= 0.6 is 0 Å². The van der Waals surface area contributed by atoms with E-state index in [1.165, 1.54) is 21.3 Å². The van der Waals surface area contributed by atoms with E-state index in [0.29, 0.717) is 41.3 Å². The zero-order valence-electron chi connectivity index (χ0n) is 18.5. The van der Waals surface area contributed by atoms with Crippen LogP contribution in [0.3, 0.4) is 0 Å². The van der Waals surface area contributed by atoms with Gasteiger partial charge in [0.15, 0.2) is 0 Å². The molecule has 4 aromatic rings. The van der Waals surface area contributed by atoms with Gasteiger partial charge in [0, 0.05) is 18.3 Å². The molecule has 0 amide bonds. The van der Waals surface area contributed by atoms with Gasteiger partial charge in [0.05, 0.1) is 16.7 Å². The Morgan fingerprint density at radius 3 is 2.21 bits per heavy atom. The van der Waals surface area contributed by atoms with Gasteiger partial charge < -0.3 is 4.57 Å². The Bertz CT molecular complexity index is 1460. The maximum Gasteiger partial charge on any atom is 0.289 e. The first-order valence-electron chi connectivity index (χ1n) is 10.9. The topological polar surface area (TPSA) is 68.4 Å². The van der Waals surface area contributed by atoms with Gasteiger partial charge in [0.2, 0.25) is 5.36 Å². The average Bonchev–Trinajstić information content (AvgIpc) is 2.89. The van der Waals surface area contributed by atoms with E-state index >= 15 is 0 Å². The Kier molecular flexibility index (Phi) is 6.49. The number of hydrogen-bond donors (Lipinski definition) is 1. The van der Waals surface area contributed by atoms with Gasteiger partial charge in [-0.15, -0.1) is 0 Å². The highest BCUT2D eigenvalue weighted by Crippen LogP contribution is 2.17. The van der Waals surface area contributed by atoms with Gasteiger partial charge in [-0.3, -0.25) is 19.6 Å². The number of rotatable bonds is 6. The van der Waals surface area contributed by atoms with Crippen LogP contribution in [-0.2, 0) is 6.54 Å². The lowest BCUT2D eigenvalue weighted by molar-refractivity contribution is 0.515. The van der Waals surface area contributed by atoms with Gasteiger partial charge >= 0.3 is 0 Å². The molecule has 0 bridgehead atoms. The van der Waals surface area contributed by atoms with Gasteiger partial charge in [-0.25, -0.2) is 4.39 Å². The molecule has 1 heterocycles. The number of hydrogen-bond acceptors (Lipinski definition) is 4. The highest BCUT2D eigenvalue weighted by molar-refractivity contribution is 5.76. The maximum atomic E-state index is 14.4. The first kappa shape index (κ1) is 22.2. The van der Waals surface area contributed by atoms with Crippen molar-refractivity contribution in [3.05, 3.63) is 111 Å². The zero-order valence-corrected chi connectivity index (χ0v) is 18.5. The summed E-state index contributed by atoms with van der Waals surface area (Å²) in [5.41, 5.74) is 3.57. The van der Waals surface area contributed by atoms with E-state index < -0.39 is 16.9 Å². The van der Waals surface area contributed by atoms with E-state index in [1.807, 2.05) is 24.3 Å². The second-order valence-electron chi connectivity index (χ2n) is 8.19. The number of anilines is 1. The van der Waals surface area contributed by atoms with E-state index in [9.17, 15) is 14.0 Å². The third-order valence-electron chi connectivity index (χ3n) is 5.34. The Morgan fingerprint density at radius 1 is 0.879 bits per heavy atom. The van der Waals surface area contributed by atoms with Gasteiger partial charge in [0.25, 0.3) is 11.1 Å². The quantitative estimate of drug-likeness (QED) is 0.452. The Morgan fingerprint density at radius 2 is 1.55 bits per heavy atom. The molecule has 0 spiro atoms. The maximum absolute atomic E-state index is 14.4. The molecule has 0 aliphatic heterocycles. The molecule has 0 saturated heterocycles. The fourth-order valence-corrected chi connectivity index (χ4v) is 3.62. The minimum absolute atomic E-state index is 0.275. The molecule has 0 fully saturated rings. The summed E-state index contributed by atoms with van der Waals surface area (Å²) in [4.78, 5) is 27.3. The molecule has 0 aliphatic carbocycles. The smallest absolute Gasteiger partial charge is 0.289 e. The molecule has 0 unspecified atom stereocenters. The molecule has 3 aromatic carbocycles. The third kappa shape index (κ3) is 4.77. The molecule has 168 valence electrons. The van der Waals surface area contributed by atoms with Crippen LogP contribution in [0.4, 0.5) is 10.1 Å². The molecular formula is C26H25FN4O2. The van der Waals surface area contributed by atoms with Crippen LogP contribution in [0, 0.1) is 11.7 Å². The second-order valence-corrected chi connectivity index (χ2v) is 8.19. The van der Waals surface area contributed by atoms with E-state index in [2.05, 4.69) is 24.4 Å². The van der Waals surface area contributed by atoms with Crippen LogP contribution in [0.15, 0.2) is 93.6 Å². The summed E-state index contributed by atoms with van der Waals surface area (Å²) in [6.45, 7) is 4.48. The Hall–Kier alpha value is -4.00. The molecular weight excluding hydrogens is 419 g/mol. The number of halogens is 1. The Balaban J connectivity index is 2.13. The minimum atomic E-state index is -0.631. The zero-order chi connectivity index (χ0) is 23.4. The summed E-state index contributed by atoms with van der Waals surface area (Å²) in [6.07, 6.45) is 0.710. The number of nitrogens with one attached hydrogen (secondary N) is 1. The molecule has 0 atom stereocenters. The lowest BCUT2D eigenvalue weighted by Crippen LogP contribution is -2.45. The minimum Gasteiger partial charge on any atom is -0.305 e. The number of nitrogens with zero attached hydrogens (tertiary/aromatic N) is 3. The van der Waals surface area contributed by atoms with Crippen molar-refractivity contribution in [2.75, 3.05) is 5.43 Å². The van der Waals surface area contributed by atoms with E-state index in [4.69, 9.17) is 0 Å². The molecule has 0 saturated carbocycles. The van der Waals surface area contributed by atoms with Gasteiger partial charge in [-0.05, 0) is 48.7 Å². The van der Waals surface area contributed by atoms with Gasteiger partial charge in [-0.2, -0.15) is 5.10 Å². The van der Waals surface area contributed by atoms with Crippen molar-refractivity contribution in [3.63, 3.8) is 0 Å². The molecule has 4 rings (SSSR count). The fourth-order valence-electron chi connectivity index (χ4n) is 3.62. The number of fused-ring (bicyclic) bond motifs is 1. The first-order valence-corrected chi connectivity index (χ1v) is 10.9. The number of aryl methyl sites for hydroxylation is 1. The second kappa shape index (κ2) is 9.65. The van der Waals surface area contributed by atoms with E-state index in [0.717, 1.165) is 0 Å². The third-order valence-corrected chi connectivity index (χ3v) is 5.34. The molecule has 1 aromatic heterocycles. The summed E-state index contributed by atoms with van der Waals surface area (Å²) < 4.78 is 17.2. The van der Waals surface area contributed by atoms with Gasteiger partial charge in [0.1, 0.15) is 5.82 Å². The molecule has 7 heteroatoms. The van der Waals surface area contributed by atoms with Crippen LogP contribution in [0.25, 0.3) is 16.7 Å². The number of para-hydroxylation sites is 2. The predicted molar refractivity (Wildman–Crippen MR) is 129 cm³/mol. The van der Waals surface area contributed by atoms with Crippen LogP contribution in [0.2, 0.25) is 0 Å². The lowest BCUT2D eigenvalue weighted by atomic mass is 10.1. The molecule has 0 radical (unpaired) electrons. The average molecular weight is 445 g/mol. The summed E-state index contributed by atoms with van der Waals surface area (Å²) in [6, 6.07) is 22.1. The standard InChI is InChI=1S/C26H25FN4O2/c1-18(2)15-16-30-22-14-13-19(27)17-23(22)31(21-11-7-4-8-12-21)26(33)24(25(30)32)29-28-20-9-5-3-6-10-20/h3-14,17-18,28H,15-16H2,1-2H3/b29-24-. The fraction of sp³-hybridized carbons (Fsp3) is 0.192. The van der Waals surface area contributed by atoms with Crippen molar-refractivity contribution >= 4 is 16.7 Å². The normalized spacial score (nSPS) is 11.8. The number of benzene rings is 3. The van der Waals surface area contributed by atoms with E-state index in [1.54, 1.807) is 42.5 Å². The largest absolute Gasteiger partial charge is 0.305 e. The van der Waals surface area contributed by atoms with Crippen molar-refractivity contribution < 1.29 is 4.39 Å². The van der Waals surface area contributed by atoms with Crippen LogP contribution in [0.5, 0.6) is 0 Å². The van der Waals surface area contributed by atoms with Crippen LogP contribution < -0.4 is 21.9 Å². The van der Waals surface area contributed by atoms with Crippen LogP contribution in [0.1, 0.15) is 20.3 Å². The molecule has 1 N–H and O–H groups in total.